The van der Waals surface area contributed by atoms with Gasteiger partial charge in [0.2, 0.25) is 5.91 Å². The SMILES string of the molecule is COc1cc(C#N)ccc1NC(=O)CC1CCCNC1. The van der Waals surface area contributed by atoms with Gasteiger partial charge in [-0.25, -0.2) is 0 Å². The molecule has 5 heteroatoms. The Labute approximate surface area is 118 Å². The smallest absolute Gasteiger partial charge is 0.224 e. The van der Waals surface area contributed by atoms with Crippen LogP contribution in [-0.2, 0) is 4.79 Å². The maximum Gasteiger partial charge on any atom is 0.224 e. The van der Waals surface area contributed by atoms with Crippen molar-refractivity contribution in [3.8, 4) is 11.8 Å². The van der Waals surface area contributed by atoms with Crippen LogP contribution >= 0.6 is 0 Å². The molecule has 1 aromatic rings. The van der Waals surface area contributed by atoms with Crippen LogP contribution in [0.4, 0.5) is 5.69 Å². The van der Waals surface area contributed by atoms with Crippen LogP contribution in [-0.4, -0.2) is 26.1 Å². The Balaban J connectivity index is 1.98. The number of hydrogen-bond donors (Lipinski definition) is 2. The number of benzene rings is 1. The van der Waals surface area contributed by atoms with E-state index < -0.39 is 0 Å². The van der Waals surface area contributed by atoms with Crippen molar-refractivity contribution in [2.24, 2.45) is 5.92 Å². The van der Waals surface area contributed by atoms with E-state index in [0.717, 1.165) is 25.9 Å². The van der Waals surface area contributed by atoms with E-state index in [1.165, 1.54) is 7.11 Å². The third-order valence-corrected chi connectivity index (χ3v) is 3.48. The molecular formula is C15H19N3O2. The first-order chi connectivity index (χ1) is 9.72. The van der Waals surface area contributed by atoms with Crippen molar-refractivity contribution in [3.05, 3.63) is 23.8 Å². The highest BCUT2D eigenvalue weighted by Gasteiger charge is 2.17. The van der Waals surface area contributed by atoms with Gasteiger partial charge in [0, 0.05) is 12.5 Å². The summed E-state index contributed by atoms with van der Waals surface area (Å²) in [5.74, 6) is 0.897. The van der Waals surface area contributed by atoms with Crippen molar-refractivity contribution >= 4 is 11.6 Å². The molecule has 1 aliphatic rings. The zero-order valence-electron chi connectivity index (χ0n) is 11.6. The van der Waals surface area contributed by atoms with Gasteiger partial charge in [-0.15, -0.1) is 0 Å². The highest BCUT2D eigenvalue weighted by molar-refractivity contribution is 5.92. The Morgan fingerprint density at radius 2 is 2.45 bits per heavy atom. The van der Waals surface area contributed by atoms with Crippen molar-refractivity contribution in [3.63, 3.8) is 0 Å². The molecule has 1 unspecified atom stereocenters. The van der Waals surface area contributed by atoms with Crippen LogP contribution < -0.4 is 15.4 Å². The van der Waals surface area contributed by atoms with Gasteiger partial charge in [0.1, 0.15) is 5.75 Å². The second-order valence-corrected chi connectivity index (χ2v) is 4.99. The quantitative estimate of drug-likeness (QED) is 0.878. The fraction of sp³-hybridized carbons (Fsp3) is 0.467. The maximum atomic E-state index is 12.0. The minimum atomic E-state index is -0.0123. The van der Waals surface area contributed by atoms with Crippen molar-refractivity contribution < 1.29 is 9.53 Å². The summed E-state index contributed by atoms with van der Waals surface area (Å²) in [6.07, 6.45) is 2.72. The maximum absolute atomic E-state index is 12.0. The zero-order valence-corrected chi connectivity index (χ0v) is 11.6. The first kappa shape index (κ1) is 14.4. The second kappa shape index (κ2) is 6.92. The molecule has 1 aromatic carbocycles. The lowest BCUT2D eigenvalue weighted by atomic mass is 9.96. The number of carbonyl (C=O) groups is 1. The van der Waals surface area contributed by atoms with Crippen molar-refractivity contribution in [1.82, 2.24) is 5.32 Å². The monoisotopic (exact) mass is 273 g/mol. The van der Waals surface area contributed by atoms with E-state index in [2.05, 4.69) is 10.6 Å². The second-order valence-electron chi connectivity index (χ2n) is 4.99. The van der Waals surface area contributed by atoms with Crippen LogP contribution in [0.1, 0.15) is 24.8 Å². The molecule has 1 atom stereocenters. The summed E-state index contributed by atoms with van der Waals surface area (Å²) in [4.78, 5) is 12.0. The molecule has 2 N–H and O–H groups in total. The number of methoxy groups -OCH3 is 1. The molecule has 1 amide bonds. The van der Waals surface area contributed by atoms with Crippen molar-refractivity contribution in [1.29, 1.82) is 5.26 Å². The lowest BCUT2D eigenvalue weighted by Crippen LogP contribution is -2.32. The molecule has 0 aromatic heterocycles. The average Bonchev–Trinajstić information content (AvgIpc) is 2.48. The van der Waals surface area contributed by atoms with Gasteiger partial charge >= 0.3 is 0 Å². The Morgan fingerprint density at radius 1 is 1.60 bits per heavy atom. The van der Waals surface area contributed by atoms with Crippen molar-refractivity contribution in [2.75, 3.05) is 25.5 Å². The largest absolute Gasteiger partial charge is 0.495 e. The Kier molecular flexibility index (Phi) is 4.97. The summed E-state index contributed by atoms with van der Waals surface area (Å²) in [7, 11) is 1.52. The zero-order chi connectivity index (χ0) is 14.4. The number of ether oxygens (including phenoxy) is 1. The Morgan fingerprint density at radius 3 is 3.10 bits per heavy atom. The minimum Gasteiger partial charge on any atom is -0.495 e. The lowest BCUT2D eigenvalue weighted by molar-refractivity contribution is -0.117. The van der Waals surface area contributed by atoms with Gasteiger partial charge in [0.05, 0.1) is 24.4 Å². The Hall–Kier alpha value is -2.06. The number of nitrogens with one attached hydrogen (secondary N) is 2. The number of anilines is 1. The molecule has 5 nitrogen and oxygen atoms in total. The standard InChI is InChI=1S/C15H19N3O2/c1-20-14-7-11(9-16)4-5-13(14)18-15(19)8-12-3-2-6-17-10-12/h4-5,7,12,17H,2-3,6,8,10H2,1H3,(H,18,19). The number of rotatable bonds is 4. The van der Waals surface area contributed by atoms with E-state index in [1.807, 2.05) is 6.07 Å². The van der Waals surface area contributed by atoms with Crippen molar-refractivity contribution in [2.45, 2.75) is 19.3 Å². The molecule has 1 fully saturated rings. The molecule has 0 saturated carbocycles. The van der Waals surface area contributed by atoms with Crippen LogP contribution in [0.2, 0.25) is 0 Å². The van der Waals surface area contributed by atoms with Gasteiger partial charge < -0.3 is 15.4 Å². The Bertz CT molecular complexity index is 516. The summed E-state index contributed by atoms with van der Waals surface area (Å²) in [5, 5.41) is 15.0. The van der Waals surface area contributed by atoms with E-state index in [0.29, 0.717) is 29.3 Å². The van der Waals surface area contributed by atoms with Crippen LogP contribution in [0.15, 0.2) is 18.2 Å². The van der Waals surface area contributed by atoms with Crippen LogP contribution in [0.25, 0.3) is 0 Å². The van der Waals surface area contributed by atoms with E-state index in [9.17, 15) is 4.79 Å². The van der Waals surface area contributed by atoms with E-state index in [-0.39, 0.29) is 5.91 Å². The fourth-order valence-corrected chi connectivity index (χ4v) is 2.43. The number of nitriles is 1. The highest BCUT2D eigenvalue weighted by Crippen LogP contribution is 2.26. The van der Waals surface area contributed by atoms with Gasteiger partial charge in [-0.2, -0.15) is 5.26 Å². The molecule has 0 bridgehead atoms. The van der Waals surface area contributed by atoms with Gasteiger partial charge in [-0.05, 0) is 44.0 Å². The van der Waals surface area contributed by atoms with E-state index in [1.54, 1.807) is 18.2 Å². The molecule has 2 rings (SSSR count). The molecule has 106 valence electrons. The number of piperidine rings is 1. The summed E-state index contributed by atoms with van der Waals surface area (Å²) in [6, 6.07) is 7.04. The molecule has 1 saturated heterocycles. The predicted molar refractivity (Wildman–Crippen MR) is 76.5 cm³/mol. The van der Waals surface area contributed by atoms with Gasteiger partial charge in [0.25, 0.3) is 0 Å². The first-order valence-corrected chi connectivity index (χ1v) is 6.81. The summed E-state index contributed by atoms with van der Waals surface area (Å²) in [6.45, 7) is 1.94. The topological polar surface area (TPSA) is 74.1 Å². The van der Waals surface area contributed by atoms with E-state index in [4.69, 9.17) is 10.00 Å². The molecule has 0 aliphatic carbocycles. The number of carbonyl (C=O) groups excluding carboxylic acids is 1. The third-order valence-electron chi connectivity index (χ3n) is 3.48. The van der Waals surface area contributed by atoms with Crippen LogP contribution in [0, 0.1) is 17.2 Å². The number of hydrogen-bond acceptors (Lipinski definition) is 4. The fourth-order valence-electron chi connectivity index (χ4n) is 2.43. The van der Waals surface area contributed by atoms with E-state index >= 15 is 0 Å². The normalized spacial score (nSPS) is 18.1. The molecule has 0 spiro atoms. The third kappa shape index (κ3) is 3.72. The lowest BCUT2D eigenvalue weighted by Gasteiger charge is -2.22. The summed E-state index contributed by atoms with van der Waals surface area (Å²) in [5.41, 5.74) is 1.12. The number of nitrogens with zero attached hydrogens (tertiary/aromatic N) is 1. The van der Waals surface area contributed by atoms with Gasteiger partial charge in [-0.1, -0.05) is 0 Å². The van der Waals surface area contributed by atoms with Gasteiger partial charge in [-0.3, -0.25) is 4.79 Å². The molecule has 1 heterocycles. The molecule has 20 heavy (non-hydrogen) atoms. The average molecular weight is 273 g/mol. The summed E-state index contributed by atoms with van der Waals surface area (Å²) >= 11 is 0. The summed E-state index contributed by atoms with van der Waals surface area (Å²) < 4.78 is 5.20. The first-order valence-electron chi connectivity index (χ1n) is 6.81. The number of amides is 1. The van der Waals surface area contributed by atoms with Crippen LogP contribution in [0.3, 0.4) is 0 Å². The highest BCUT2D eigenvalue weighted by atomic mass is 16.5. The molecule has 1 aliphatic heterocycles. The predicted octanol–water partition coefficient (Wildman–Crippen LogP) is 1.90. The van der Waals surface area contributed by atoms with Crippen LogP contribution in [0.5, 0.6) is 5.75 Å². The molecular weight excluding hydrogens is 254 g/mol. The van der Waals surface area contributed by atoms with Gasteiger partial charge in [0.15, 0.2) is 0 Å². The minimum absolute atomic E-state index is 0.0123. The molecule has 0 radical (unpaired) electrons.